The molecule has 2 aromatic heterocycles. The molecular weight excluding hydrogens is 352 g/mol. The number of pyridine rings is 1. The first kappa shape index (κ1) is 18.5. The Bertz CT molecular complexity index is 1060. The summed E-state index contributed by atoms with van der Waals surface area (Å²) in [6.45, 7) is 7.69. The van der Waals surface area contributed by atoms with Crippen molar-refractivity contribution in [1.82, 2.24) is 20.1 Å². The van der Waals surface area contributed by atoms with Gasteiger partial charge in [-0.15, -0.1) is 0 Å². The van der Waals surface area contributed by atoms with Crippen molar-refractivity contribution in [2.75, 3.05) is 13.7 Å². The highest BCUT2D eigenvalue weighted by atomic mass is 16.5. The third kappa shape index (κ3) is 2.84. The van der Waals surface area contributed by atoms with Gasteiger partial charge in [0.05, 0.1) is 29.9 Å². The van der Waals surface area contributed by atoms with Crippen molar-refractivity contribution in [3.63, 3.8) is 0 Å². The largest absolute Gasteiger partial charge is 0.481 e. The van der Waals surface area contributed by atoms with Crippen LogP contribution in [-0.4, -0.2) is 34.3 Å². The van der Waals surface area contributed by atoms with Crippen LogP contribution < -0.4 is 10.1 Å². The molecule has 1 fully saturated rings. The molecule has 0 radical (unpaired) electrons. The molecule has 4 rings (SSSR count). The van der Waals surface area contributed by atoms with Crippen LogP contribution in [0.15, 0.2) is 30.5 Å². The lowest BCUT2D eigenvalue weighted by molar-refractivity contribution is -0.128. The Hall–Kier alpha value is -2.89. The van der Waals surface area contributed by atoms with E-state index in [-0.39, 0.29) is 5.91 Å². The third-order valence-electron chi connectivity index (χ3n) is 5.85. The van der Waals surface area contributed by atoms with Gasteiger partial charge in [-0.2, -0.15) is 5.10 Å². The summed E-state index contributed by atoms with van der Waals surface area (Å²) in [6, 6.07) is 8.22. The number of methoxy groups -OCH3 is 1. The van der Waals surface area contributed by atoms with Crippen LogP contribution in [0.2, 0.25) is 0 Å². The average Bonchev–Trinajstić information content (AvgIpc) is 3.13. The monoisotopic (exact) mass is 378 g/mol. The van der Waals surface area contributed by atoms with E-state index in [4.69, 9.17) is 9.72 Å². The molecule has 6 heteroatoms. The Labute approximate surface area is 164 Å². The van der Waals surface area contributed by atoms with Crippen molar-refractivity contribution < 1.29 is 9.53 Å². The van der Waals surface area contributed by atoms with E-state index in [0.717, 1.165) is 59.2 Å². The van der Waals surface area contributed by atoms with Crippen LogP contribution >= 0.6 is 0 Å². The van der Waals surface area contributed by atoms with E-state index >= 15 is 0 Å². The van der Waals surface area contributed by atoms with Crippen LogP contribution in [0.25, 0.3) is 22.2 Å². The molecule has 1 aliphatic rings. The molecule has 1 amide bonds. The summed E-state index contributed by atoms with van der Waals surface area (Å²) in [5.74, 6) is 0.550. The van der Waals surface area contributed by atoms with Gasteiger partial charge < -0.3 is 10.1 Å². The number of hydrogen-bond acceptors (Lipinski definition) is 4. The number of benzene rings is 1. The van der Waals surface area contributed by atoms with Gasteiger partial charge in [-0.05, 0) is 57.4 Å². The predicted molar refractivity (Wildman–Crippen MR) is 110 cm³/mol. The fourth-order valence-electron chi connectivity index (χ4n) is 4.14. The van der Waals surface area contributed by atoms with Gasteiger partial charge in [0.15, 0.2) is 0 Å². The summed E-state index contributed by atoms with van der Waals surface area (Å²) in [5.41, 5.74) is 4.33. The molecule has 1 aliphatic heterocycles. The van der Waals surface area contributed by atoms with Gasteiger partial charge in [0.1, 0.15) is 0 Å². The maximum absolute atomic E-state index is 12.6. The van der Waals surface area contributed by atoms with E-state index in [1.165, 1.54) is 0 Å². The molecule has 1 saturated heterocycles. The minimum Gasteiger partial charge on any atom is -0.481 e. The summed E-state index contributed by atoms with van der Waals surface area (Å²) in [4.78, 5) is 17.3. The summed E-state index contributed by atoms with van der Waals surface area (Å²) < 4.78 is 7.60. The molecule has 1 atom stereocenters. The van der Waals surface area contributed by atoms with Crippen LogP contribution in [0.3, 0.4) is 0 Å². The van der Waals surface area contributed by atoms with Crippen LogP contribution in [0.1, 0.15) is 37.8 Å². The Morgan fingerprint density at radius 1 is 1.32 bits per heavy atom. The topological polar surface area (TPSA) is 69.0 Å². The first-order chi connectivity index (χ1) is 13.5. The summed E-state index contributed by atoms with van der Waals surface area (Å²) in [6.07, 6.45) is 3.65. The molecule has 0 unspecified atom stereocenters. The van der Waals surface area contributed by atoms with E-state index in [9.17, 15) is 4.79 Å². The first-order valence-electron chi connectivity index (χ1n) is 9.78. The molecule has 0 spiro atoms. The number of aromatic nitrogens is 3. The smallest absolute Gasteiger partial charge is 0.230 e. The number of ether oxygens (including phenoxy) is 1. The predicted octanol–water partition coefficient (Wildman–Crippen LogP) is 3.60. The maximum Gasteiger partial charge on any atom is 0.230 e. The van der Waals surface area contributed by atoms with Crippen LogP contribution in [0, 0.1) is 6.92 Å². The van der Waals surface area contributed by atoms with Crippen molar-refractivity contribution in [3.05, 3.63) is 41.6 Å². The summed E-state index contributed by atoms with van der Waals surface area (Å²) in [5, 5.41) is 8.59. The quantitative estimate of drug-likeness (QED) is 0.753. The Morgan fingerprint density at radius 3 is 2.86 bits per heavy atom. The molecule has 0 bridgehead atoms. The van der Waals surface area contributed by atoms with E-state index in [0.29, 0.717) is 5.88 Å². The van der Waals surface area contributed by atoms with Gasteiger partial charge in [0.2, 0.25) is 11.8 Å². The molecule has 146 valence electrons. The minimum absolute atomic E-state index is 0.0377. The number of rotatable bonds is 4. The van der Waals surface area contributed by atoms with Gasteiger partial charge in [-0.3, -0.25) is 9.48 Å². The second-order valence-corrected chi connectivity index (χ2v) is 7.63. The minimum atomic E-state index is -0.615. The SMILES string of the molecule is CCn1ncc2c(C)cc(-c3ccc([C@@]4(C)CCCNC4=O)c(OC)n3)cc21. The molecular formula is C22H26N4O2. The molecule has 3 aromatic rings. The molecule has 28 heavy (non-hydrogen) atoms. The molecule has 0 aliphatic carbocycles. The van der Waals surface area contributed by atoms with Gasteiger partial charge in [-0.25, -0.2) is 4.98 Å². The van der Waals surface area contributed by atoms with Gasteiger partial charge in [-0.1, -0.05) is 6.07 Å². The van der Waals surface area contributed by atoms with Crippen LogP contribution in [-0.2, 0) is 16.8 Å². The second kappa shape index (κ2) is 6.93. The number of carbonyl (C=O) groups is 1. The van der Waals surface area contributed by atoms with Gasteiger partial charge in [0.25, 0.3) is 0 Å². The number of piperidine rings is 1. The van der Waals surface area contributed by atoms with E-state index in [1.54, 1.807) is 7.11 Å². The number of hydrogen-bond donors (Lipinski definition) is 1. The fraction of sp³-hybridized carbons (Fsp3) is 0.409. The zero-order valence-electron chi connectivity index (χ0n) is 16.9. The summed E-state index contributed by atoms with van der Waals surface area (Å²) in [7, 11) is 1.61. The molecule has 3 heterocycles. The zero-order chi connectivity index (χ0) is 19.9. The third-order valence-corrected chi connectivity index (χ3v) is 5.85. The van der Waals surface area contributed by atoms with E-state index in [1.807, 2.05) is 29.9 Å². The van der Waals surface area contributed by atoms with Crippen molar-refractivity contribution in [3.8, 4) is 17.1 Å². The number of nitrogens with one attached hydrogen (secondary N) is 1. The zero-order valence-corrected chi connectivity index (χ0v) is 16.9. The Balaban J connectivity index is 1.82. The van der Waals surface area contributed by atoms with Crippen molar-refractivity contribution in [2.24, 2.45) is 0 Å². The van der Waals surface area contributed by atoms with Crippen molar-refractivity contribution in [2.45, 2.75) is 45.6 Å². The molecule has 1 aromatic carbocycles. The van der Waals surface area contributed by atoms with Gasteiger partial charge >= 0.3 is 0 Å². The van der Waals surface area contributed by atoms with Crippen LogP contribution in [0.5, 0.6) is 5.88 Å². The maximum atomic E-state index is 12.6. The highest BCUT2D eigenvalue weighted by molar-refractivity contribution is 5.90. The number of amides is 1. The number of nitrogens with zero attached hydrogens (tertiary/aromatic N) is 3. The van der Waals surface area contributed by atoms with Crippen LogP contribution in [0.4, 0.5) is 0 Å². The number of fused-ring (bicyclic) bond motifs is 1. The second-order valence-electron chi connectivity index (χ2n) is 7.63. The lowest BCUT2D eigenvalue weighted by Crippen LogP contribution is -2.47. The lowest BCUT2D eigenvalue weighted by atomic mass is 9.76. The number of carbonyl (C=O) groups excluding carboxylic acids is 1. The molecule has 1 N–H and O–H groups in total. The number of aryl methyl sites for hydroxylation is 2. The lowest BCUT2D eigenvalue weighted by Gasteiger charge is -2.33. The normalized spacial score (nSPS) is 19.6. The standard InChI is InChI=1S/C22H26N4O2/c1-5-26-19-12-15(11-14(2)16(19)13-24-26)18-8-7-17(20(25-18)28-4)22(3)9-6-10-23-21(22)27/h7-8,11-13H,5-6,9-10H2,1-4H3,(H,23,27)/t22-/m1/s1. The first-order valence-corrected chi connectivity index (χ1v) is 9.78. The fourth-order valence-corrected chi connectivity index (χ4v) is 4.14. The van der Waals surface area contributed by atoms with Crippen molar-refractivity contribution in [1.29, 1.82) is 0 Å². The van der Waals surface area contributed by atoms with Gasteiger partial charge in [0, 0.05) is 29.6 Å². The summed E-state index contributed by atoms with van der Waals surface area (Å²) >= 11 is 0. The Morgan fingerprint density at radius 2 is 2.14 bits per heavy atom. The average molecular weight is 378 g/mol. The molecule has 6 nitrogen and oxygen atoms in total. The Kier molecular flexibility index (Phi) is 4.57. The van der Waals surface area contributed by atoms with Crippen molar-refractivity contribution >= 4 is 16.8 Å². The van der Waals surface area contributed by atoms with E-state index < -0.39 is 5.41 Å². The molecule has 0 saturated carbocycles. The van der Waals surface area contributed by atoms with E-state index in [2.05, 4.69) is 36.4 Å². The highest BCUT2D eigenvalue weighted by Gasteiger charge is 2.40. The highest BCUT2D eigenvalue weighted by Crippen LogP contribution is 2.38.